The Bertz CT molecular complexity index is 3570. The third-order valence-corrected chi connectivity index (χ3v) is 13.1. The van der Waals surface area contributed by atoms with Crippen LogP contribution < -0.4 is 4.90 Å². The zero-order valence-electron chi connectivity index (χ0n) is 35.1. The molecular weight excluding hydrogens is 761 g/mol. The molecule has 63 heavy (non-hydrogen) atoms. The highest BCUT2D eigenvalue weighted by Gasteiger charge is 2.20. The molecule has 1 unspecified atom stereocenters. The Morgan fingerprint density at radius 2 is 1.03 bits per heavy atom. The van der Waals surface area contributed by atoms with Crippen LogP contribution in [0.25, 0.3) is 88.5 Å². The summed E-state index contributed by atoms with van der Waals surface area (Å²) in [5, 5.41) is 7.63. The van der Waals surface area contributed by atoms with Gasteiger partial charge in [-0.2, -0.15) is 0 Å². The van der Waals surface area contributed by atoms with E-state index in [1.54, 1.807) is 0 Å². The summed E-state index contributed by atoms with van der Waals surface area (Å²) in [7, 11) is 0. The Hall–Kier alpha value is -7.94. The number of para-hydroxylation sites is 2. The lowest BCUT2D eigenvalue weighted by Gasteiger charge is -2.27. The third-order valence-electron chi connectivity index (χ3n) is 13.1. The molecule has 2 nitrogen and oxygen atoms in total. The van der Waals surface area contributed by atoms with Gasteiger partial charge in [-0.25, -0.2) is 0 Å². The predicted octanol–water partition coefficient (Wildman–Crippen LogP) is 16.8. The minimum atomic E-state index is 0.527. The molecule has 12 rings (SSSR count). The van der Waals surface area contributed by atoms with E-state index in [1.807, 2.05) is 0 Å². The first kappa shape index (κ1) is 36.9. The maximum absolute atomic E-state index is 2.43. The van der Waals surface area contributed by atoms with Gasteiger partial charge in [0.25, 0.3) is 0 Å². The van der Waals surface area contributed by atoms with E-state index in [2.05, 4.69) is 247 Å². The van der Waals surface area contributed by atoms with Gasteiger partial charge in [-0.1, -0.05) is 171 Å². The van der Waals surface area contributed by atoms with Crippen molar-refractivity contribution < 1.29 is 0 Å². The Balaban J connectivity index is 1.04. The molecule has 1 aromatic heterocycles. The zero-order valence-corrected chi connectivity index (χ0v) is 35.1. The van der Waals surface area contributed by atoms with Crippen LogP contribution in [0.2, 0.25) is 0 Å². The molecule has 11 aromatic rings. The molecule has 0 spiro atoms. The minimum absolute atomic E-state index is 0.527. The Morgan fingerprint density at radius 1 is 0.429 bits per heavy atom. The molecule has 0 bridgehead atoms. The highest BCUT2D eigenvalue weighted by Crippen LogP contribution is 2.44. The van der Waals surface area contributed by atoms with Crippen molar-refractivity contribution in [3.8, 4) is 39.1 Å². The molecule has 10 aromatic carbocycles. The van der Waals surface area contributed by atoms with Crippen LogP contribution in [-0.4, -0.2) is 4.57 Å². The van der Waals surface area contributed by atoms with E-state index in [9.17, 15) is 0 Å². The second kappa shape index (κ2) is 15.2. The van der Waals surface area contributed by atoms with E-state index in [1.165, 1.54) is 87.9 Å². The van der Waals surface area contributed by atoms with Gasteiger partial charge in [-0.15, -0.1) is 0 Å². The van der Waals surface area contributed by atoms with E-state index < -0.39 is 0 Å². The van der Waals surface area contributed by atoms with Crippen LogP contribution in [0, 0.1) is 5.92 Å². The summed E-state index contributed by atoms with van der Waals surface area (Å²) in [4.78, 5) is 2.43. The highest BCUT2D eigenvalue weighted by molar-refractivity contribution is 6.16. The average Bonchev–Trinajstić information content (AvgIpc) is 3.69. The Morgan fingerprint density at radius 3 is 1.84 bits per heavy atom. The van der Waals surface area contributed by atoms with Crippen molar-refractivity contribution in [3.63, 3.8) is 0 Å². The number of allylic oxidation sites excluding steroid dienone is 1. The van der Waals surface area contributed by atoms with E-state index in [0.29, 0.717) is 5.92 Å². The Kier molecular flexibility index (Phi) is 8.90. The molecule has 1 aliphatic carbocycles. The standard InChI is InChI=1S/C61H44N2/c1-41-30-31-43-34-35-56-53(25-12-27-55(56)58(43)36-41)47-17-10-22-51(39-47)62(50-21-9-16-45(38-50)46-33-32-42-14-5-6-15-44(42)37-46)52-23-11-18-48(40-52)54-26-13-29-60-61(54)57-24-7-8-28-59(57)63(60)49-19-3-2-4-20-49/h2-35,37-41H,36H2,1H3. The molecule has 2 heteroatoms. The molecule has 1 atom stereocenters. The predicted molar refractivity (Wildman–Crippen MR) is 269 cm³/mol. The monoisotopic (exact) mass is 804 g/mol. The molecule has 0 radical (unpaired) electrons. The van der Waals surface area contributed by atoms with Crippen LogP contribution in [0.1, 0.15) is 18.1 Å². The van der Waals surface area contributed by atoms with Gasteiger partial charge in [0.2, 0.25) is 0 Å². The smallest absolute Gasteiger partial charge is 0.0547 e. The number of rotatable bonds is 7. The summed E-state index contributed by atoms with van der Waals surface area (Å²) in [5.74, 6) is 0.527. The third kappa shape index (κ3) is 6.42. The van der Waals surface area contributed by atoms with Gasteiger partial charge >= 0.3 is 0 Å². The SMILES string of the molecule is CC1C=Cc2ccc3c(-c4cccc(N(c5cccc(-c6ccc7ccccc7c6)c5)c5cccc(-c6cccc7c6c6ccccc6n7-c6ccccc6)c5)c4)cccc3c2C1. The number of aromatic nitrogens is 1. The summed E-state index contributed by atoms with van der Waals surface area (Å²) >= 11 is 0. The Labute approximate surface area is 368 Å². The van der Waals surface area contributed by atoms with Crippen LogP contribution in [-0.2, 0) is 6.42 Å². The lowest BCUT2D eigenvalue weighted by molar-refractivity contribution is 0.721. The van der Waals surface area contributed by atoms with Crippen LogP contribution >= 0.6 is 0 Å². The van der Waals surface area contributed by atoms with Crippen molar-refractivity contribution in [1.29, 1.82) is 0 Å². The van der Waals surface area contributed by atoms with Crippen LogP contribution in [0.4, 0.5) is 17.1 Å². The molecule has 0 aliphatic heterocycles. The molecule has 0 saturated heterocycles. The minimum Gasteiger partial charge on any atom is -0.310 e. The van der Waals surface area contributed by atoms with Gasteiger partial charge in [0.15, 0.2) is 0 Å². The summed E-state index contributed by atoms with van der Waals surface area (Å²) in [5.41, 5.74) is 16.8. The molecule has 1 heterocycles. The lowest BCUT2D eigenvalue weighted by Crippen LogP contribution is -2.10. The first-order valence-corrected chi connectivity index (χ1v) is 22.1. The molecular formula is C61H44N2. The average molecular weight is 805 g/mol. The van der Waals surface area contributed by atoms with Gasteiger partial charge in [0.05, 0.1) is 11.0 Å². The van der Waals surface area contributed by atoms with E-state index in [-0.39, 0.29) is 0 Å². The largest absolute Gasteiger partial charge is 0.310 e. The number of hydrogen-bond donors (Lipinski definition) is 0. The second-order valence-electron chi connectivity index (χ2n) is 17.0. The van der Waals surface area contributed by atoms with Gasteiger partial charge in [-0.3, -0.25) is 0 Å². The van der Waals surface area contributed by atoms with Crippen molar-refractivity contribution in [2.24, 2.45) is 5.92 Å². The number of benzene rings is 10. The van der Waals surface area contributed by atoms with Crippen LogP contribution in [0.3, 0.4) is 0 Å². The number of hydrogen-bond acceptors (Lipinski definition) is 1. The number of nitrogens with zero attached hydrogens (tertiary/aromatic N) is 2. The first-order valence-electron chi connectivity index (χ1n) is 22.1. The van der Waals surface area contributed by atoms with E-state index in [0.717, 1.165) is 29.2 Å². The summed E-state index contributed by atoms with van der Waals surface area (Å²) in [6, 6.07) is 80.3. The van der Waals surface area contributed by atoms with Crippen LogP contribution in [0.5, 0.6) is 0 Å². The highest BCUT2D eigenvalue weighted by atomic mass is 15.1. The summed E-state index contributed by atoms with van der Waals surface area (Å²) in [6.07, 6.45) is 5.70. The van der Waals surface area contributed by atoms with E-state index >= 15 is 0 Å². The summed E-state index contributed by atoms with van der Waals surface area (Å²) < 4.78 is 2.40. The maximum Gasteiger partial charge on any atom is 0.0547 e. The fourth-order valence-corrected chi connectivity index (χ4v) is 10.1. The van der Waals surface area contributed by atoms with Crippen molar-refractivity contribution in [3.05, 3.63) is 236 Å². The van der Waals surface area contributed by atoms with Crippen molar-refractivity contribution in [2.45, 2.75) is 13.3 Å². The number of anilines is 3. The number of fused-ring (bicyclic) bond motifs is 7. The first-order chi connectivity index (χ1) is 31.1. The molecule has 0 fully saturated rings. The second-order valence-corrected chi connectivity index (χ2v) is 17.0. The van der Waals surface area contributed by atoms with Gasteiger partial charge < -0.3 is 9.47 Å². The van der Waals surface area contributed by atoms with Gasteiger partial charge in [0.1, 0.15) is 0 Å². The van der Waals surface area contributed by atoms with Crippen LogP contribution in [0.15, 0.2) is 224 Å². The molecule has 298 valence electrons. The zero-order chi connectivity index (χ0) is 41.9. The summed E-state index contributed by atoms with van der Waals surface area (Å²) in [6.45, 7) is 2.31. The normalized spacial score (nSPS) is 13.5. The maximum atomic E-state index is 2.43. The van der Waals surface area contributed by atoms with Crippen molar-refractivity contribution in [1.82, 2.24) is 4.57 Å². The molecule has 0 saturated carbocycles. The van der Waals surface area contributed by atoms with Gasteiger partial charge in [-0.05, 0) is 145 Å². The van der Waals surface area contributed by atoms with E-state index in [4.69, 9.17) is 0 Å². The van der Waals surface area contributed by atoms with Crippen molar-refractivity contribution in [2.75, 3.05) is 4.90 Å². The molecule has 1 aliphatic rings. The van der Waals surface area contributed by atoms with Gasteiger partial charge in [0, 0.05) is 33.5 Å². The topological polar surface area (TPSA) is 8.17 Å². The fraction of sp³-hybridized carbons (Fsp3) is 0.0492. The molecule has 0 N–H and O–H groups in total. The molecule has 0 amide bonds. The van der Waals surface area contributed by atoms with Crippen molar-refractivity contribution >= 4 is 66.5 Å². The fourth-order valence-electron chi connectivity index (χ4n) is 10.1. The quantitative estimate of drug-likeness (QED) is 0.156. The lowest BCUT2D eigenvalue weighted by atomic mass is 9.85.